The van der Waals surface area contributed by atoms with E-state index in [1.54, 1.807) is 25.3 Å². The highest BCUT2D eigenvalue weighted by Gasteiger charge is 2.05. The van der Waals surface area contributed by atoms with E-state index in [1.807, 2.05) is 0 Å². The molecule has 0 aromatic heterocycles. The highest BCUT2D eigenvalue weighted by molar-refractivity contribution is 14.0. The third kappa shape index (κ3) is 6.21. The van der Waals surface area contributed by atoms with Crippen LogP contribution >= 0.6 is 24.0 Å². The summed E-state index contributed by atoms with van der Waals surface area (Å²) in [6.45, 7) is 0.407. The van der Waals surface area contributed by atoms with Crippen LogP contribution in [0.4, 0.5) is 14.5 Å². The van der Waals surface area contributed by atoms with E-state index in [9.17, 15) is 8.78 Å². The molecule has 6 nitrogen and oxygen atoms in total. The Morgan fingerprint density at radius 2 is 1.77 bits per heavy atom. The first-order chi connectivity index (χ1) is 12.0. The summed E-state index contributed by atoms with van der Waals surface area (Å²) in [5.74, 6) is -0.323. The minimum atomic E-state index is -0.962. The SMILES string of the molecule is COc1ccc(NC(N)=NCCOc2ccc(F)c(F)c2)cc1OC.I. The molecule has 26 heavy (non-hydrogen) atoms. The number of nitrogens with two attached hydrogens (primary N) is 1. The average molecular weight is 479 g/mol. The Kier molecular flexibility index (Phi) is 8.90. The molecule has 0 spiro atoms. The van der Waals surface area contributed by atoms with Crippen molar-refractivity contribution in [3.8, 4) is 17.2 Å². The third-order valence-electron chi connectivity index (χ3n) is 3.19. The normalized spacial score (nSPS) is 10.7. The van der Waals surface area contributed by atoms with Crippen LogP contribution in [0.15, 0.2) is 41.4 Å². The molecule has 0 saturated carbocycles. The molecule has 9 heteroatoms. The van der Waals surface area contributed by atoms with Crippen molar-refractivity contribution < 1.29 is 23.0 Å². The molecular formula is C17H20F2IN3O3. The third-order valence-corrected chi connectivity index (χ3v) is 3.19. The van der Waals surface area contributed by atoms with Crippen LogP contribution in [-0.2, 0) is 0 Å². The van der Waals surface area contributed by atoms with Crippen LogP contribution in [0.5, 0.6) is 17.2 Å². The lowest BCUT2D eigenvalue weighted by molar-refractivity contribution is 0.325. The summed E-state index contributed by atoms with van der Waals surface area (Å²) in [7, 11) is 3.09. The van der Waals surface area contributed by atoms with Gasteiger partial charge in [0.15, 0.2) is 29.1 Å². The molecule has 0 aliphatic heterocycles. The summed E-state index contributed by atoms with van der Waals surface area (Å²) in [6, 6.07) is 8.54. The van der Waals surface area contributed by atoms with Crippen molar-refractivity contribution in [2.24, 2.45) is 10.7 Å². The van der Waals surface area contributed by atoms with Gasteiger partial charge < -0.3 is 25.3 Å². The van der Waals surface area contributed by atoms with E-state index in [0.29, 0.717) is 17.2 Å². The summed E-state index contributed by atoms with van der Waals surface area (Å²) in [4.78, 5) is 4.09. The van der Waals surface area contributed by atoms with E-state index in [2.05, 4.69) is 10.3 Å². The fraction of sp³-hybridized carbons (Fsp3) is 0.235. The van der Waals surface area contributed by atoms with Gasteiger partial charge in [0.25, 0.3) is 0 Å². The summed E-state index contributed by atoms with van der Waals surface area (Å²) < 4.78 is 41.5. The predicted molar refractivity (Wildman–Crippen MR) is 107 cm³/mol. The Balaban J connectivity index is 0.00000338. The Bertz CT molecular complexity index is 760. The molecule has 2 aromatic rings. The molecular weight excluding hydrogens is 459 g/mol. The lowest BCUT2D eigenvalue weighted by Crippen LogP contribution is -2.23. The lowest BCUT2D eigenvalue weighted by Gasteiger charge is -2.11. The molecule has 0 aliphatic carbocycles. The van der Waals surface area contributed by atoms with E-state index in [4.69, 9.17) is 19.9 Å². The zero-order valence-corrected chi connectivity index (χ0v) is 16.6. The van der Waals surface area contributed by atoms with Gasteiger partial charge in [-0.25, -0.2) is 13.8 Å². The summed E-state index contributed by atoms with van der Waals surface area (Å²) in [6.07, 6.45) is 0. The van der Waals surface area contributed by atoms with E-state index in [0.717, 1.165) is 12.1 Å². The van der Waals surface area contributed by atoms with Crippen molar-refractivity contribution in [1.82, 2.24) is 0 Å². The molecule has 3 N–H and O–H groups in total. The van der Waals surface area contributed by atoms with Crippen molar-refractivity contribution in [3.63, 3.8) is 0 Å². The number of aliphatic imine (C=N–C) groups is 1. The van der Waals surface area contributed by atoms with Gasteiger partial charge in [0.1, 0.15) is 12.4 Å². The number of hydrogen-bond donors (Lipinski definition) is 2. The zero-order chi connectivity index (χ0) is 18.2. The summed E-state index contributed by atoms with van der Waals surface area (Å²) >= 11 is 0. The van der Waals surface area contributed by atoms with Gasteiger partial charge in [-0.15, -0.1) is 24.0 Å². The Hall–Kier alpha value is -2.30. The molecule has 0 aliphatic rings. The molecule has 0 saturated heterocycles. The quantitative estimate of drug-likeness (QED) is 0.276. The number of nitrogens with one attached hydrogen (secondary N) is 1. The first-order valence-corrected chi connectivity index (χ1v) is 7.40. The summed E-state index contributed by atoms with van der Waals surface area (Å²) in [5, 5.41) is 2.91. The van der Waals surface area contributed by atoms with Crippen LogP contribution < -0.4 is 25.3 Å². The number of rotatable bonds is 7. The van der Waals surface area contributed by atoms with Gasteiger partial charge in [-0.05, 0) is 24.3 Å². The monoisotopic (exact) mass is 479 g/mol. The molecule has 0 unspecified atom stereocenters. The summed E-state index contributed by atoms with van der Waals surface area (Å²) in [5.41, 5.74) is 6.47. The van der Waals surface area contributed by atoms with Crippen LogP contribution in [0.25, 0.3) is 0 Å². The number of anilines is 1. The number of methoxy groups -OCH3 is 2. The Morgan fingerprint density at radius 1 is 1.04 bits per heavy atom. The van der Waals surface area contributed by atoms with Gasteiger partial charge in [0, 0.05) is 17.8 Å². The standard InChI is InChI=1S/C17H19F2N3O3.HI/c1-23-15-6-3-11(9-16(15)24-2)22-17(20)21-7-8-25-12-4-5-13(18)14(19)10-12;/h3-6,9-10H,7-8H2,1-2H3,(H3,20,21,22);1H. The fourth-order valence-electron chi connectivity index (χ4n) is 2.00. The largest absolute Gasteiger partial charge is 0.493 e. The first-order valence-electron chi connectivity index (χ1n) is 7.40. The van der Waals surface area contributed by atoms with Crippen molar-refractivity contribution in [3.05, 3.63) is 48.0 Å². The van der Waals surface area contributed by atoms with Gasteiger partial charge >= 0.3 is 0 Å². The molecule has 142 valence electrons. The average Bonchev–Trinajstić information content (AvgIpc) is 2.61. The molecule has 0 heterocycles. The highest BCUT2D eigenvalue weighted by atomic mass is 127. The van der Waals surface area contributed by atoms with Crippen LogP contribution in [-0.4, -0.2) is 33.3 Å². The van der Waals surface area contributed by atoms with Crippen molar-refractivity contribution >= 4 is 35.6 Å². The number of guanidine groups is 1. The number of hydrogen-bond acceptors (Lipinski definition) is 4. The second-order valence-corrected chi connectivity index (χ2v) is 4.89. The predicted octanol–water partition coefficient (Wildman–Crippen LogP) is 3.41. The zero-order valence-electron chi connectivity index (χ0n) is 14.3. The molecule has 0 amide bonds. The molecule has 0 atom stereocenters. The maximum atomic E-state index is 13.0. The van der Waals surface area contributed by atoms with Crippen molar-refractivity contribution in [1.29, 1.82) is 0 Å². The fourth-order valence-corrected chi connectivity index (χ4v) is 2.00. The van der Waals surface area contributed by atoms with Crippen LogP contribution in [0.2, 0.25) is 0 Å². The Morgan fingerprint density at radius 3 is 2.42 bits per heavy atom. The lowest BCUT2D eigenvalue weighted by atomic mass is 10.3. The van der Waals surface area contributed by atoms with Crippen molar-refractivity contribution in [2.75, 3.05) is 32.7 Å². The van der Waals surface area contributed by atoms with E-state index in [-0.39, 0.29) is 48.8 Å². The van der Waals surface area contributed by atoms with E-state index < -0.39 is 11.6 Å². The van der Waals surface area contributed by atoms with Crippen LogP contribution in [0, 0.1) is 11.6 Å². The van der Waals surface area contributed by atoms with E-state index in [1.165, 1.54) is 13.2 Å². The van der Waals surface area contributed by atoms with Gasteiger partial charge in [0.2, 0.25) is 0 Å². The number of nitrogens with zero attached hydrogens (tertiary/aromatic N) is 1. The maximum Gasteiger partial charge on any atom is 0.193 e. The Labute approximate surface area is 167 Å². The molecule has 0 fully saturated rings. The van der Waals surface area contributed by atoms with Gasteiger partial charge in [0.05, 0.1) is 20.8 Å². The van der Waals surface area contributed by atoms with Crippen LogP contribution in [0.3, 0.4) is 0 Å². The number of halogens is 3. The molecule has 0 radical (unpaired) electrons. The smallest absolute Gasteiger partial charge is 0.193 e. The molecule has 2 aromatic carbocycles. The maximum absolute atomic E-state index is 13.0. The topological polar surface area (TPSA) is 78.1 Å². The molecule has 2 rings (SSSR count). The second-order valence-electron chi connectivity index (χ2n) is 4.89. The van der Waals surface area contributed by atoms with Gasteiger partial charge in [-0.2, -0.15) is 0 Å². The van der Waals surface area contributed by atoms with Crippen LogP contribution in [0.1, 0.15) is 0 Å². The minimum Gasteiger partial charge on any atom is -0.493 e. The number of ether oxygens (including phenoxy) is 3. The first kappa shape index (κ1) is 21.7. The van der Waals surface area contributed by atoms with E-state index >= 15 is 0 Å². The number of benzene rings is 2. The highest BCUT2D eigenvalue weighted by Crippen LogP contribution is 2.29. The molecule has 0 bridgehead atoms. The van der Waals surface area contributed by atoms with Crippen molar-refractivity contribution in [2.45, 2.75) is 0 Å². The van der Waals surface area contributed by atoms with Gasteiger partial charge in [-0.1, -0.05) is 0 Å². The minimum absolute atomic E-state index is 0. The second kappa shape index (κ2) is 10.6. The van der Waals surface area contributed by atoms with Gasteiger partial charge in [-0.3, -0.25) is 0 Å².